The van der Waals surface area contributed by atoms with Gasteiger partial charge in [-0.1, -0.05) is 59.3 Å². The number of hydrogen-bond donors (Lipinski definition) is 1. The molecule has 0 heterocycles. The largest absolute Gasteiger partial charge is 0.179 e. The fraction of sp³-hybridized carbons (Fsp3) is 1.00. The zero-order chi connectivity index (χ0) is 10.9. The predicted molar refractivity (Wildman–Crippen MR) is 70.2 cm³/mol. The molecular formula is C13H28S. The monoisotopic (exact) mass is 216 g/mol. The molecule has 0 aliphatic heterocycles. The average Bonchev–Trinajstić information content (AvgIpc) is 2.08. The Balaban J connectivity index is 2.99. The Morgan fingerprint density at radius 3 is 1.57 bits per heavy atom. The number of hydrogen-bond acceptors (Lipinski definition) is 1. The predicted octanol–water partition coefficient (Wildman–Crippen LogP) is 5.08. The molecule has 0 atom stereocenters. The van der Waals surface area contributed by atoms with Crippen LogP contribution in [0.3, 0.4) is 0 Å². The van der Waals surface area contributed by atoms with Gasteiger partial charge in [-0.25, -0.2) is 0 Å². The van der Waals surface area contributed by atoms with E-state index in [-0.39, 0.29) is 0 Å². The highest BCUT2D eigenvalue weighted by Gasteiger charge is 2.08. The van der Waals surface area contributed by atoms with Crippen molar-refractivity contribution in [2.45, 2.75) is 72.1 Å². The second kappa shape index (κ2) is 8.64. The molecule has 0 spiro atoms. The van der Waals surface area contributed by atoms with Gasteiger partial charge in [-0.15, -0.1) is 0 Å². The van der Waals surface area contributed by atoms with E-state index >= 15 is 0 Å². The summed E-state index contributed by atoms with van der Waals surface area (Å²) in [7, 11) is 0. The van der Waals surface area contributed by atoms with Gasteiger partial charge in [0.15, 0.2) is 0 Å². The highest BCUT2D eigenvalue weighted by Crippen LogP contribution is 2.22. The van der Waals surface area contributed by atoms with Crippen molar-refractivity contribution in [3.8, 4) is 0 Å². The normalized spacial score (nSPS) is 12.0. The number of rotatable bonds is 8. The van der Waals surface area contributed by atoms with Crippen molar-refractivity contribution in [1.29, 1.82) is 0 Å². The van der Waals surface area contributed by atoms with Crippen molar-refractivity contribution in [1.82, 2.24) is 0 Å². The fourth-order valence-corrected chi connectivity index (χ4v) is 1.87. The minimum absolute atomic E-state index is 0.534. The van der Waals surface area contributed by atoms with Gasteiger partial charge in [0.1, 0.15) is 0 Å². The molecule has 0 nitrogen and oxygen atoms in total. The summed E-state index contributed by atoms with van der Waals surface area (Å²) in [5, 5.41) is 0. The van der Waals surface area contributed by atoms with Crippen LogP contribution in [0.15, 0.2) is 0 Å². The smallest absolute Gasteiger partial charge is 0.00979 e. The summed E-state index contributed by atoms with van der Waals surface area (Å²) in [5.74, 6) is 1.06. The SMILES string of the molecule is CC(C)(C)CCCCCCCCCS. The number of thiol groups is 1. The van der Waals surface area contributed by atoms with Gasteiger partial charge in [0.2, 0.25) is 0 Å². The van der Waals surface area contributed by atoms with Crippen molar-refractivity contribution in [2.24, 2.45) is 5.41 Å². The third-order valence-corrected chi connectivity index (χ3v) is 2.90. The van der Waals surface area contributed by atoms with Crippen molar-refractivity contribution in [2.75, 3.05) is 5.75 Å². The molecule has 0 aromatic carbocycles. The maximum Gasteiger partial charge on any atom is -0.00979 e. The summed E-state index contributed by atoms with van der Waals surface area (Å²) in [6, 6.07) is 0. The molecule has 14 heavy (non-hydrogen) atoms. The van der Waals surface area contributed by atoms with E-state index in [1.165, 1.54) is 51.4 Å². The third-order valence-electron chi connectivity index (χ3n) is 2.58. The minimum atomic E-state index is 0.534. The second-order valence-electron chi connectivity index (χ2n) is 5.51. The van der Waals surface area contributed by atoms with Crippen LogP contribution < -0.4 is 0 Å². The summed E-state index contributed by atoms with van der Waals surface area (Å²) >= 11 is 4.21. The average molecular weight is 216 g/mol. The quantitative estimate of drug-likeness (QED) is 0.424. The summed E-state index contributed by atoms with van der Waals surface area (Å²) in [6.45, 7) is 7.00. The first-order valence-corrected chi connectivity index (χ1v) is 6.80. The van der Waals surface area contributed by atoms with Crippen LogP contribution in [0.2, 0.25) is 0 Å². The molecule has 1 heteroatoms. The molecule has 0 rings (SSSR count). The molecule has 0 saturated carbocycles. The van der Waals surface area contributed by atoms with Gasteiger partial charge in [-0.2, -0.15) is 12.6 Å². The van der Waals surface area contributed by atoms with Gasteiger partial charge in [-0.05, 0) is 24.0 Å². The Bertz CT molecular complexity index is 113. The lowest BCUT2D eigenvalue weighted by molar-refractivity contribution is 0.356. The van der Waals surface area contributed by atoms with Crippen molar-refractivity contribution in [3.63, 3.8) is 0 Å². The third kappa shape index (κ3) is 12.3. The van der Waals surface area contributed by atoms with E-state index in [1.807, 2.05) is 0 Å². The van der Waals surface area contributed by atoms with Crippen LogP contribution in [0, 0.1) is 5.41 Å². The molecular weight excluding hydrogens is 188 g/mol. The van der Waals surface area contributed by atoms with Crippen molar-refractivity contribution in [3.05, 3.63) is 0 Å². The van der Waals surface area contributed by atoms with E-state index in [4.69, 9.17) is 0 Å². The van der Waals surface area contributed by atoms with Gasteiger partial charge in [0.25, 0.3) is 0 Å². The van der Waals surface area contributed by atoms with E-state index in [0.29, 0.717) is 5.41 Å². The van der Waals surface area contributed by atoms with Crippen molar-refractivity contribution < 1.29 is 0 Å². The highest BCUT2D eigenvalue weighted by atomic mass is 32.1. The standard InChI is InChI=1S/C13H28S/c1-13(2,3)11-9-7-5-4-6-8-10-12-14/h14H,4-12H2,1-3H3. The number of unbranched alkanes of at least 4 members (excludes halogenated alkanes) is 6. The molecule has 0 aromatic heterocycles. The van der Waals surface area contributed by atoms with Gasteiger partial charge in [-0.3, -0.25) is 0 Å². The van der Waals surface area contributed by atoms with Crippen molar-refractivity contribution >= 4 is 12.6 Å². The Kier molecular flexibility index (Phi) is 8.86. The van der Waals surface area contributed by atoms with Crippen LogP contribution in [-0.2, 0) is 0 Å². The molecule has 86 valence electrons. The summed E-state index contributed by atoms with van der Waals surface area (Å²) < 4.78 is 0. The molecule has 0 radical (unpaired) electrons. The Hall–Kier alpha value is 0.350. The van der Waals surface area contributed by atoms with E-state index < -0.39 is 0 Å². The highest BCUT2D eigenvalue weighted by molar-refractivity contribution is 7.80. The van der Waals surface area contributed by atoms with Gasteiger partial charge >= 0.3 is 0 Å². The molecule has 0 aliphatic rings. The van der Waals surface area contributed by atoms with Gasteiger partial charge < -0.3 is 0 Å². The van der Waals surface area contributed by atoms with Crippen LogP contribution in [0.4, 0.5) is 0 Å². The van der Waals surface area contributed by atoms with E-state index in [9.17, 15) is 0 Å². The Labute approximate surface area is 96.3 Å². The van der Waals surface area contributed by atoms with E-state index in [0.717, 1.165) is 5.75 Å². The molecule has 0 fully saturated rings. The lowest BCUT2D eigenvalue weighted by Gasteiger charge is -2.17. The summed E-state index contributed by atoms with van der Waals surface area (Å²) in [5.41, 5.74) is 0.534. The molecule has 0 N–H and O–H groups in total. The van der Waals surface area contributed by atoms with Crippen LogP contribution in [0.25, 0.3) is 0 Å². The van der Waals surface area contributed by atoms with Crippen LogP contribution in [0.5, 0.6) is 0 Å². The first kappa shape index (κ1) is 14.3. The lowest BCUT2D eigenvalue weighted by atomic mass is 9.89. The maximum atomic E-state index is 4.21. The second-order valence-corrected chi connectivity index (χ2v) is 5.96. The lowest BCUT2D eigenvalue weighted by Crippen LogP contribution is -2.03. The Morgan fingerprint density at radius 2 is 1.14 bits per heavy atom. The molecule has 0 unspecified atom stereocenters. The molecule has 0 aliphatic carbocycles. The summed E-state index contributed by atoms with van der Waals surface area (Å²) in [4.78, 5) is 0. The van der Waals surface area contributed by atoms with Gasteiger partial charge in [0.05, 0.1) is 0 Å². The fourth-order valence-electron chi connectivity index (χ4n) is 1.65. The zero-order valence-electron chi connectivity index (χ0n) is 10.3. The van der Waals surface area contributed by atoms with E-state index in [1.54, 1.807) is 0 Å². The zero-order valence-corrected chi connectivity index (χ0v) is 11.2. The summed E-state index contributed by atoms with van der Waals surface area (Å²) in [6.07, 6.45) is 11.2. The van der Waals surface area contributed by atoms with Gasteiger partial charge in [0, 0.05) is 0 Å². The minimum Gasteiger partial charge on any atom is -0.179 e. The topological polar surface area (TPSA) is 0 Å². The molecule has 0 bridgehead atoms. The first-order chi connectivity index (χ1) is 6.56. The van der Waals surface area contributed by atoms with Crippen LogP contribution in [0.1, 0.15) is 72.1 Å². The Morgan fingerprint density at radius 1 is 0.714 bits per heavy atom. The van der Waals surface area contributed by atoms with E-state index in [2.05, 4.69) is 33.4 Å². The van der Waals surface area contributed by atoms with Crippen LogP contribution >= 0.6 is 12.6 Å². The van der Waals surface area contributed by atoms with Crippen LogP contribution in [-0.4, -0.2) is 5.75 Å². The molecule has 0 amide bonds. The molecule has 0 saturated heterocycles. The maximum absolute atomic E-state index is 4.21. The first-order valence-electron chi connectivity index (χ1n) is 6.17. The molecule has 0 aromatic rings.